The SMILES string of the molecule is Cc1ccccc1-c1cc(O)c2c(c1)CN(Cc1cnn(C)c1)CCO2. The number of hydrogen-bond donors (Lipinski definition) is 1. The van der Waals surface area contributed by atoms with Crippen LogP contribution in [-0.4, -0.2) is 32.9 Å². The minimum absolute atomic E-state index is 0.212. The lowest BCUT2D eigenvalue weighted by Crippen LogP contribution is -2.25. The molecule has 5 heteroatoms. The van der Waals surface area contributed by atoms with Crippen LogP contribution in [0.4, 0.5) is 0 Å². The maximum absolute atomic E-state index is 10.5. The topological polar surface area (TPSA) is 50.5 Å². The van der Waals surface area contributed by atoms with E-state index in [-0.39, 0.29) is 5.75 Å². The van der Waals surface area contributed by atoms with E-state index >= 15 is 0 Å². The summed E-state index contributed by atoms with van der Waals surface area (Å²) in [7, 11) is 1.93. The van der Waals surface area contributed by atoms with Gasteiger partial charge in [0.1, 0.15) is 6.61 Å². The standard InChI is InChI=1S/C21H23N3O2/c1-15-5-3-4-6-19(15)17-9-18-14-24(13-16-11-22-23(2)12-16)7-8-26-21(18)20(25)10-17/h3-6,9-12,25H,7-8,13-14H2,1-2H3. The second-order valence-electron chi connectivity index (χ2n) is 6.88. The highest BCUT2D eigenvalue weighted by molar-refractivity contribution is 5.71. The van der Waals surface area contributed by atoms with E-state index < -0.39 is 0 Å². The van der Waals surface area contributed by atoms with Crippen LogP contribution in [0.2, 0.25) is 0 Å². The Labute approximate surface area is 153 Å². The van der Waals surface area contributed by atoms with Crippen LogP contribution in [0.15, 0.2) is 48.8 Å². The largest absolute Gasteiger partial charge is 0.504 e. The number of phenolic OH excluding ortho intramolecular Hbond substituents is 1. The molecule has 1 N–H and O–H groups in total. The first-order chi connectivity index (χ1) is 12.6. The summed E-state index contributed by atoms with van der Waals surface area (Å²) in [6.07, 6.45) is 3.93. The smallest absolute Gasteiger partial charge is 0.165 e. The van der Waals surface area contributed by atoms with Crippen molar-refractivity contribution in [2.75, 3.05) is 13.2 Å². The molecule has 26 heavy (non-hydrogen) atoms. The Bertz CT molecular complexity index is 933. The number of hydrogen-bond acceptors (Lipinski definition) is 4. The number of ether oxygens (including phenoxy) is 1. The lowest BCUT2D eigenvalue weighted by Gasteiger charge is -2.19. The summed E-state index contributed by atoms with van der Waals surface area (Å²) in [5, 5.41) is 14.8. The fraction of sp³-hybridized carbons (Fsp3) is 0.286. The summed E-state index contributed by atoms with van der Waals surface area (Å²) < 4.78 is 7.68. The summed E-state index contributed by atoms with van der Waals surface area (Å²) in [5.41, 5.74) is 5.54. The molecule has 5 nitrogen and oxygen atoms in total. The number of nitrogens with zero attached hydrogens (tertiary/aromatic N) is 3. The predicted molar refractivity (Wildman–Crippen MR) is 101 cm³/mol. The highest BCUT2D eigenvalue weighted by Gasteiger charge is 2.20. The van der Waals surface area contributed by atoms with Crippen molar-refractivity contribution in [2.24, 2.45) is 7.05 Å². The zero-order valence-electron chi connectivity index (χ0n) is 15.1. The third kappa shape index (κ3) is 3.30. The molecule has 0 radical (unpaired) electrons. The Kier molecular flexibility index (Phi) is 4.39. The summed E-state index contributed by atoms with van der Waals surface area (Å²) in [5.74, 6) is 0.819. The van der Waals surface area contributed by atoms with E-state index in [4.69, 9.17) is 4.74 Å². The molecule has 0 saturated heterocycles. The lowest BCUT2D eigenvalue weighted by molar-refractivity contribution is 0.217. The van der Waals surface area contributed by atoms with Gasteiger partial charge in [-0.3, -0.25) is 9.58 Å². The van der Waals surface area contributed by atoms with Crippen LogP contribution in [0, 0.1) is 6.92 Å². The number of fused-ring (bicyclic) bond motifs is 1. The minimum atomic E-state index is 0.212. The highest BCUT2D eigenvalue weighted by Crippen LogP contribution is 2.38. The van der Waals surface area contributed by atoms with E-state index in [0.29, 0.717) is 12.4 Å². The zero-order valence-corrected chi connectivity index (χ0v) is 15.1. The molecule has 0 saturated carbocycles. The number of rotatable bonds is 3. The molecule has 3 aromatic rings. The van der Waals surface area contributed by atoms with E-state index in [2.05, 4.69) is 35.1 Å². The Balaban J connectivity index is 1.66. The molecule has 1 aliphatic rings. The molecule has 0 aliphatic carbocycles. The fourth-order valence-electron chi connectivity index (χ4n) is 3.55. The maximum Gasteiger partial charge on any atom is 0.165 e. The van der Waals surface area contributed by atoms with Gasteiger partial charge in [-0.15, -0.1) is 0 Å². The number of aromatic hydroxyl groups is 1. The van der Waals surface area contributed by atoms with Gasteiger partial charge in [0.25, 0.3) is 0 Å². The van der Waals surface area contributed by atoms with Crippen molar-refractivity contribution in [3.8, 4) is 22.6 Å². The van der Waals surface area contributed by atoms with Gasteiger partial charge in [-0.1, -0.05) is 24.3 Å². The van der Waals surface area contributed by atoms with Crippen LogP contribution < -0.4 is 4.74 Å². The number of phenols is 1. The van der Waals surface area contributed by atoms with Gasteiger partial charge in [0.2, 0.25) is 0 Å². The first-order valence-corrected chi connectivity index (χ1v) is 8.85. The third-order valence-corrected chi connectivity index (χ3v) is 4.81. The Morgan fingerprint density at radius 1 is 1.23 bits per heavy atom. The molecule has 2 heterocycles. The van der Waals surface area contributed by atoms with E-state index in [1.165, 1.54) is 11.1 Å². The van der Waals surface area contributed by atoms with Gasteiger partial charge in [-0.05, 0) is 35.7 Å². The van der Waals surface area contributed by atoms with Gasteiger partial charge < -0.3 is 9.84 Å². The molecular weight excluding hydrogens is 326 g/mol. The molecule has 0 unspecified atom stereocenters. The molecule has 0 bridgehead atoms. The van der Waals surface area contributed by atoms with Crippen molar-refractivity contribution in [3.63, 3.8) is 0 Å². The van der Waals surface area contributed by atoms with Crippen molar-refractivity contribution < 1.29 is 9.84 Å². The first-order valence-electron chi connectivity index (χ1n) is 8.85. The number of benzene rings is 2. The fourth-order valence-corrected chi connectivity index (χ4v) is 3.55. The quantitative estimate of drug-likeness (QED) is 0.786. The highest BCUT2D eigenvalue weighted by atomic mass is 16.5. The van der Waals surface area contributed by atoms with Gasteiger partial charge in [0, 0.05) is 44.0 Å². The molecule has 134 valence electrons. The van der Waals surface area contributed by atoms with Crippen LogP contribution in [0.5, 0.6) is 11.5 Å². The number of aryl methyl sites for hydroxylation is 2. The van der Waals surface area contributed by atoms with Crippen LogP contribution in [0.1, 0.15) is 16.7 Å². The zero-order chi connectivity index (χ0) is 18.1. The molecule has 0 spiro atoms. The summed E-state index contributed by atoms with van der Waals surface area (Å²) in [6.45, 7) is 5.00. The molecular formula is C21H23N3O2. The lowest BCUT2D eigenvalue weighted by atomic mass is 9.98. The van der Waals surface area contributed by atoms with Gasteiger partial charge in [-0.25, -0.2) is 0 Å². The third-order valence-electron chi connectivity index (χ3n) is 4.81. The van der Waals surface area contributed by atoms with Gasteiger partial charge in [0.15, 0.2) is 11.5 Å². The Morgan fingerprint density at radius 2 is 2.08 bits per heavy atom. The predicted octanol–water partition coefficient (Wildman–Crippen LogP) is 3.50. The second-order valence-corrected chi connectivity index (χ2v) is 6.88. The van der Waals surface area contributed by atoms with Crippen LogP contribution in [0.25, 0.3) is 11.1 Å². The Hall–Kier alpha value is -2.79. The van der Waals surface area contributed by atoms with Gasteiger partial charge in [-0.2, -0.15) is 5.10 Å². The van der Waals surface area contributed by atoms with Crippen molar-refractivity contribution >= 4 is 0 Å². The summed E-state index contributed by atoms with van der Waals surface area (Å²) in [6, 6.07) is 12.2. The molecule has 1 aromatic heterocycles. The van der Waals surface area contributed by atoms with Gasteiger partial charge in [0.05, 0.1) is 6.20 Å². The van der Waals surface area contributed by atoms with E-state index in [1.807, 2.05) is 36.3 Å². The molecule has 0 amide bonds. The molecule has 2 aromatic carbocycles. The van der Waals surface area contributed by atoms with E-state index in [1.54, 1.807) is 6.07 Å². The van der Waals surface area contributed by atoms with Crippen LogP contribution in [0.3, 0.4) is 0 Å². The van der Waals surface area contributed by atoms with Crippen molar-refractivity contribution in [3.05, 3.63) is 65.5 Å². The van der Waals surface area contributed by atoms with E-state index in [9.17, 15) is 5.11 Å². The maximum atomic E-state index is 10.5. The monoisotopic (exact) mass is 349 g/mol. The van der Waals surface area contributed by atoms with E-state index in [0.717, 1.165) is 36.3 Å². The van der Waals surface area contributed by atoms with Crippen molar-refractivity contribution in [2.45, 2.75) is 20.0 Å². The van der Waals surface area contributed by atoms with Gasteiger partial charge >= 0.3 is 0 Å². The Morgan fingerprint density at radius 3 is 2.85 bits per heavy atom. The normalized spacial score (nSPS) is 14.5. The molecule has 4 rings (SSSR count). The average molecular weight is 349 g/mol. The summed E-state index contributed by atoms with van der Waals surface area (Å²) in [4.78, 5) is 2.32. The summed E-state index contributed by atoms with van der Waals surface area (Å²) >= 11 is 0. The molecule has 1 aliphatic heterocycles. The van der Waals surface area contributed by atoms with Crippen LogP contribution in [-0.2, 0) is 20.1 Å². The first kappa shape index (κ1) is 16.7. The average Bonchev–Trinajstić information content (AvgIpc) is 2.90. The number of aromatic nitrogens is 2. The molecule has 0 fully saturated rings. The van der Waals surface area contributed by atoms with Crippen molar-refractivity contribution in [1.82, 2.24) is 14.7 Å². The minimum Gasteiger partial charge on any atom is -0.504 e. The van der Waals surface area contributed by atoms with Crippen molar-refractivity contribution in [1.29, 1.82) is 0 Å². The molecule has 0 atom stereocenters. The van der Waals surface area contributed by atoms with Crippen LogP contribution >= 0.6 is 0 Å². The second kappa shape index (κ2) is 6.84.